The molecule has 1 saturated heterocycles. The van der Waals surface area contributed by atoms with E-state index in [0.29, 0.717) is 11.5 Å². The topological polar surface area (TPSA) is 35.5 Å². The normalized spacial score (nSPS) is 26.9. The Bertz CT molecular complexity index is 349. The second-order valence-electron chi connectivity index (χ2n) is 8.48. The number of esters is 1. The Morgan fingerprint density at radius 1 is 1.15 bits per heavy atom. The summed E-state index contributed by atoms with van der Waals surface area (Å²) in [5.41, 5.74) is 0.506. The first-order valence-electron chi connectivity index (χ1n) is 7.68. The Kier molecular flexibility index (Phi) is 4.82. The van der Waals surface area contributed by atoms with Gasteiger partial charge in [-0.2, -0.15) is 0 Å². The molecule has 0 aliphatic carbocycles. The first-order valence-corrected chi connectivity index (χ1v) is 9.66. The zero-order valence-electron chi connectivity index (χ0n) is 14.7. The number of carbonyl (C=O) groups is 1. The van der Waals surface area contributed by atoms with E-state index in [1.807, 2.05) is 0 Å². The van der Waals surface area contributed by atoms with Crippen LogP contribution < -0.4 is 0 Å². The van der Waals surface area contributed by atoms with Crippen molar-refractivity contribution in [3.63, 3.8) is 0 Å². The third kappa shape index (κ3) is 2.96. The predicted molar refractivity (Wildman–Crippen MR) is 85.0 cm³/mol. The summed E-state index contributed by atoms with van der Waals surface area (Å²) in [5.74, 6) is 0.297. The van der Waals surface area contributed by atoms with Crippen LogP contribution in [0.5, 0.6) is 0 Å². The van der Waals surface area contributed by atoms with Crippen molar-refractivity contribution in [1.29, 1.82) is 0 Å². The summed E-state index contributed by atoms with van der Waals surface area (Å²) in [6.45, 7) is 19.7. The molecule has 0 N–H and O–H groups in total. The molecule has 1 unspecified atom stereocenters. The van der Waals surface area contributed by atoms with Crippen LogP contribution in [0.15, 0.2) is 0 Å². The molecule has 0 spiro atoms. The molecule has 0 saturated carbocycles. The lowest BCUT2D eigenvalue weighted by molar-refractivity contribution is -0.160. The monoisotopic (exact) mass is 300 g/mol. The zero-order chi connectivity index (χ0) is 15.9. The van der Waals surface area contributed by atoms with Gasteiger partial charge >= 0.3 is 5.97 Å². The highest BCUT2D eigenvalue weighted by Crippen LogP contribution is 2.63. The van der Waals surface area contributed by atoms with Crippen molar-refractivity contribution in [2.24, 2.45) is 5.92 Å². The van der Waals surface area contributed by atoms with Crippen molar-refractivity contribution in [1.82, 2.24) is 0 Å². The summed E-state index contributed by atoms with van der Waals surface area (Å²) in [5, 5.41) is 0.212. The first kappa shape index (κ1) is 17.7. The van der Waals surface area contributed by atoms with Crippen molar-refractivity contribution in [2.75, 3.05) is 0 Å². The van der Waals surface area contributed by atoms with Crippen molar-refractivity contribution in [3.8, 4) is 0 Å². The Morgan fingerprint density at radius 2 is 1.60 bits per heavy atom. The quantitative estimate of drug-likeness (QED) is 0.539. The van der Waals surface area contributed by atoms with E-state index in [2.05, 4.69) is 55.4 Å². The molecule has 0 bridgehead atoms. The van der Waals surface area contributed by atoms with E-state index in [-0.39, 0.29) is 22.3 Å². The SMILES string of the molecule is CC(=O)OC1C[C@@H](C(C)C)[Si](C(C)(C)C)(C(C)(C)C)O1. The van der Waals surface area contributed by atoms with Crippen LogP contribution in [-0.4, -0.2) is 20.6 Å². The lowest BCUT2D eigenvalue weighted by Crippen LogP contribution is -2.56. The summed E-state index contributed by atoms with van der Waals surface area (Å²) in [6.07, 6.45) is 0.489. The molecule has 0 aromatic carbocycles. The van der Waals surface area contributed by atoms with Gasteiger partial charge in [0.15, 0.2) is 6.29 Å². The zero-order valence-corrected chi connectivity index (χ0v) is 15.7. The molecule has 1 rings (SSSR count). The average molecular weight is 301 g/mol. The molecule has 0 amide bonds. The third-order valence-corrected chi connectivity index (χ3v) is 11.7. The Hall–Kier alpha value is -0.353. The number of hydrogen-bond acceptors (Lipinski definition) is 3. The fourth-order valence-electron chi connectivity index (χ4n) is 4.31. The molecule has 2 atom stereocenters. The van der Waals surface area contributed by atoms with E-state index < -0.39 is 8.32 Å². The standard InChI is InChI=1S/C16H32O3Si/c1-11(2)13-10-14(18-12(3)17)19-20(13,15(4,5)6)16(7,8)9/h11,13-14H,10H2,1-9H3/t13-,14?/m0/s1. The van der Waals surface area contributed by atoms with E-state index >= 15 is 0 Å². The van der Waals surface area contributed by atoms with Gasteiger partial charge in [-0.25, -0.2) is 0 Å². The van der Waals surface area contributed by atoms with E-state index in [4.69, 9.17) is 9.16 Å². The van der Waals surface area contributed by atoms with E-state index in [9.17, 15) is 4.79 Å². The Labute approximate surface area is 125 Å². The summed E-state index contributed by atoms with van der Waals surface area (Å²) in [6, 6.07) is 0. The van der Waals surface area contributed by atoms with Crippen molar-refractivity contribution in [3.05, 3.63) is 0 Å². The smallest absolute Gasteiger partial charge is 0.304 e. The number of ether oxygens (including phenoxy) is 1. The second-order valence-corrected chi connectivity index (χ2v) is 13.9. The minimum Gasteiger partial charge on any atom is -0.437 e. The maximum atomic E-state index is 11.3. The summed E-state index contributed by atoms with van der Waals surface area (Å²) < 4.78 is 12.0. The van der Waals surface area contributed by atoms with Crippen LogP contribution in [0.4, 0.5) is 0 Å². The number of hydrogen-bond donors (Lipinski definition) is 0. The van der Waals surface area contributed by atoms with Gasteiger partial charge < -0.3 is 9.16 Å². The Morgan fingerprint density at radius 3 is 1.85 bits per heavy atom. The molecule has 1 heterocycles. The fraction of sp³-hybridized carbons (Fsp3) is 0.938. The summed E-state index contributed by atoms with van der Waals surface area (Å²) in [4.78, 5) is 11.3. The highest BCUT2D eigenvalue weighted by atomic mass is 28.4. The number of rotatable bonds is 2. The molecule has 1 aliphatic heterocycles. The molecule has 118 valence electrons. The van der Waals surface area contributed by atoms with Gasteiger partial charge in [-0.3, -0.25) is 4.79 Å². The lowest BCUT2D eigenvalue weighted by atomic mass is 10.1. The third-order valence-electron chi connectivity index (χ3n) is 4.62. The van der Waals surface area contributed by atoms with Crippen LogP contribution in [0, 0.1) is 5.92 Å². The highest BCUT2D eigenvalue weighted by Gasteiger charge is 2.65. The van der Waals surface area contributed by atoms with Crippen LogP contribution in [0.25, 0.3) is 0 Å². The molecule has 3 nitrogen and oxygen atoms in total. The first-order chi connectivity index (χ1) is 8.83. The molecule has 0 radical (unpaired) electrons. The van der Waals surface area contributed by atoms with E-state index in [1.54, 1.807) is 0 Å². The van der Waals surface area contributed by atoms with E-state index in [1.165, 1.54) is 6.92 Å². The van der Waals surface area contributed by atoms with Gasteiger partial charge in [0, 0.05) is 13.3 Å². The summed E-state index contributed by atoms with van der Waals surface area (Å²) >= 11 is 0. The predicted octanol–water partition coefficient (Wildman–Crippen LogP) is 4.87. The maximum Gasteiger partial charge on any atom is 0.304 e. The second kappa shape index (κ2) is 5.45. The van der Waals surface area contributed by atoms with Crippen LogP contribution in [0.2, 0.25) is 15.6 Å². The lowest BCUT2D eigenvalue weighted by Gasteiger charge is -2.52. The van der Waals surface area contributed by atoms with Gasteiger partial charge in [-0.05, 0) is 21.5 Å². The molecule has 4 heteroatoms. The minimum absolute atomic E-state index is 0.106. The highest BCUT2D eigenvalue weighted by molar-refractivity contribution is 6.81. The van der Waals surface area contributed by atoms with Gasteiger partial charge in [-0.15, -0.1) is 0 Å². The van der Waals surface area contributed by atoms with Gasteiger partial charge in [0.1, 0.15) is 0 Å². The summed E-state index contributed by atoms with van der Waals surface area (Å²) in [7, 11) is -2.14. The minimum atomic E-state index is -2.14. The van der Waals surface area contributed by atoms with Crippen LogP contribution in [0.1, 0.15) is 68.7 Å². The van der Waals surface area contributed by atoms with Crippen LogP contribution >= 0.6 is 0 Å². The van der Waals surface area contributed by atoms with Gasteiger partial charge in [0.05, 0.1) is 0 Å². The molecule has 1 fully saturated rings. The van der Waals surface area contributed by atoms with Gasteiger partial charge in [-0.1, -0.05) is 55.4 Å². The molecule has 20 heavy (non-hydrogen) atoms. The molecular weight excluding hydrogens is 268 g/mol. The van der Waals surface area contributed by atoms with E-state index in [0.717, 1.165) is 6.42 Å². The maximum absolute atomic E-state index is 11.3. The van der Waals surface area contributed by atoms with Crippen molar-refractivity contribution < 1.29 is 14.0 Å². The van der Waals surface area contributed by atoms with Crippen molar-refractivity contribution >= 4 is 14.3 Å². The molecule has 1 aliphatic rings. The van der Waals surface area contributed by atoms with Crippen LogP contribution in [0.3, 0.4) is 0 Å². The fourth-order valence-corrected chi connectivity index (χ4v) is 11.7. The Balaban J connectivity index is 3.28. The van der Waals surface area contributed by atoms with Crippen LogP contribution in [-0.2, 0) is 14.0 Å². The van der Waals surface area contributed by atoms with Gasteiger partial charge in [0.2, 0.25) is 8.32 Å². The largest absolute Gasteiger partial charge is 0.437 e. The van der Waals surface area contributed by atoms with Crippen molar-refractivity contribution in [2.45, 2.75) is 90.6 Å². The molecule has 0 aromatic heterocycles. The van der Waals surface area contributed by atoms with Gasteiger partial charge in [0.25, 0.3) is 0 Å². The average Bonchev–Trinajstić information content (AvgIpc) is 2.55. The number of carbonyl (C=O) groups excluding carboxylic acids is 1. The molecule has 0 aromatic rings. The molecular formula is C16H32O3Si.